The number of ether oxygens (including phenoxy) is 1. The summed E-state index contributed by atoms with van der Waals surface area (Å²) in [5.41, 5.74) is 1.57. The first-order valence-corrected chi connectivity index (χ1v) is 12.7. The van der Waals surface area contributed by atoms with E-state index in [1.165, 1.54) is 0 Å². The van der Waals surface area contributed by atoms with E-state index in [2.05, 4.69) is 4.98 Å². The molecule has 2 rings (SSSR count). The minimum atomic E-state index is -1.23. The molecule has 7 heteroatoms. The van der Waals surface area contributed by atoms with Crippen molar-refractivity contribution in [1.29, 1.82) is 0 Å². The van der Waals surface area contributed by atoms with Crippen LogP contribution in [0.15, 0.2) is 34.8 Å². The molecule has 0 radical (unpaired) electrons. The predicted molar refractivity (Wildman–Crippen MR) is 136 cm³/mol. The van der Waals surface area contributed by atoms with Crippen molar-refractivity contribution < 1.29 is 24.5 Å². The average molecular weight is 490 g/mol. The Morgan fingerprint density at radius 3 is 2.53 bits per heavy atom. The lowest BCUT2D eigenvalue weighted by Gasteiger charge is -2.34. The van der Waals surface area contributed by atoms with Crippen molar-refractivity contribution in [2.75, 3.05) is 0 Å². The molecule has 0 fully saturated rings. The highest BCUT2D eigenvalue weighted by Crippen LogP contribution is 2.31. The average Bonchev–Trinajstić information content (AvgIpc) is 3.18. The van der Waals surface area contributed by atoms with Gasteiger partial charge < -0.3 is 14.9 Å². The van der Waals surface area contributed by atoms with Gasteiger partial charge >= 0.3 is 5.97 Å². The number of carbonyl (C=O) groups excluding carboxylic acids is 2. The van der Waals surface area contributed by atoms with Gasteiger partial charge in [0.05, 0.1) is 34.7 Å². The summed E-state index contributed by atoms with van der Waals surface area (Å²) >= 11 is 1.56. The van der Waals surface area contributed by atoms with E-state index in [-0.39, 0.29) is 18.1 Å². The normalized spacial score (nSPS) is 32.6. The summed E-state index contributed by atoms with van der Waals surface area (Å²) in [6, 6.07) is 0. The number of allylic oxidation sites excluding steroid dienone is 2. The summed E-state index contributed by atoms with van der Waals surface area (Å²) in [6.07, 6.45) is 6.13. The Labute approximate surface area is 207 Å². The van der Waals surface area contributed by atoms with Crippen molar-refractivity contribution in [3.63, 3.8) is 0 Å². The number of thiazole rings is 1. The van der Waals surface area contributed by atoms with Gasteiger partial charge in [0, 0.05) is 23.6 Å². The van der Waals surface area contributed by atoms with Gasteiger partial charge in [-0.15, -0.1) is 11.3 Å². The van der Waals surface area contributed by atoms with Crippen molar-refractivity contribution in [1.82, 2.24) is 4.98 Å². The molecule has 0 saturated carbocycles. The van der Waals surface area contributed by atoms with Gasteiger partial charge in [0.1, 0.15) is 11.9 Å². The Morgan fingerprint density at radius 2 is 1.91 bits per heavy atom. The zero-order valence-corrected chi connectivity index (χ0v) is 22.2. The van der Waals surface area contributed by atoms with Crippen LogP contribution in [0.25, 0.3) is 6.08 Å². The number of aliphatic hydroxyl groups is 2. The van der Waals surface area contributed by atoms with E-state index in [1.807, 2.05) is 57.4 Å². The molecule has 5 atom stereocenters. The summed E-state index contributed by atoms with van der Waals surface area (Å²) in [6.45, 7) is 12.6. The number of aromatic nitrogens is 1. The minimum absolute atomic E-state index is 0.225. The van der Waals surface area contributed by atoms with Gasteiger partial charge in [-0.05, 0) is 38.8 Å². The first kappa shape index (κ1) is 28.1. The number of aryl methyl sites for hydroxylation is 1. The highest BCUT2D eigenvalue weighted by molar-refractivity contribution is 7.09. The second-order valence-electron chi connectivity index (χ2n) is 10.0. The summed E-state index contributed by atoms with van der Waals surface area (Å²) in [7, 11) is 0. The number of nitrogens with zero attached hydrogens (tertiary/aromatic N) is 1. The molecule has 0 aromatic carbocycles. The van der Waals surface area contributed by atoms with E-state index in [0.29, 0.717) is 12.8 Å². The smallest absolute Gasteiger partial charge is 0.309 e. The van der Waals surface area contributed by atoms with E-state index in [0.717, 1.165) is 21.8 Å². The van der Waals surface area contributed by atoms with E-state index >= 15 is 0 Å². The van der Waals surface area contributed by atoms with Gasteiger partial charge in [0.25, 0.3) is 0 Å². The van der Waals surface area contributed by atoms with Gasteiger partial charge in [-0.2, -0.15) is 0 Å². The molecule has 1 aromatic heterocycles. The Balaban J connectivity index is 2.37. The third-order valence-electron chi connectivity index (χ3n) is 6.65. The summed E-state index contributed by atoms with van der Waals surface area (Å²) in [4.78, 5) is 30.4. The quantitative estimate of drug-likeness (QED) is 0.446. The molecule has 34 heavy (non-hydrogen) atoms. The minimum Gasteiger partial charge on any atom is -0.457 e. The highest BCUT2D eigenvalue weighted by atomic mass is 32.1. The highest BCUT2D eigenvalue weighted by Gasteiger charge is 2.42. The van der Waals surface area contributed by atoms with Gasteiger partial charge in [0.2, 0.25) is 0 Å². The number of aliphatic hydroxyl groups excluding tert-OH is 2. The van der Waals surface area contributed by atoms with Crippen molar-refractivity contribution in [2.24, 2.45) is 17.3 Å². The van der Waals surface area contributed by atoms with Crippen molar-refractivity contribution in [3.05, 3.63) is 45.5 Å². The van der Waals surface area contributed by atoms with Gasteiger partial charge in [-0.1, -0.05) is 51.5 Å². The van der Waals surface area contributed by atoms with Crippen LogP contribution < -0.4 is 0 Å². The molecule has 2 heterocycles. The van der Waals surface area contributed by atoms with Crippen LogP contribution in [0.4, 0.5) is 0 Å². The van der Waals surface area contributed by atoms with E-state index in [1.54, 1.807) is 32.1 Å². The number of Topliss-reactive ketones (excluding diaryl/α,β-unsaturated/α-hetero) is 1. The number of ketones is 1. The van der Waals surface area contributed by atoms with Gasteiger partial charge in [-0.25, -0.2) is 4.98 Å². The third kappa shape index (κ3) is 7.45. The molecule has 2 N–H and O–H groups in total. The maximum atomic E-state index is 13.1. The molecule has 6 nitrogen and oxygen atoms in total. The van der Waals surface area contributed by atoms with Crippen LogP contribution >= 0.6 is 11.3 Å². The third-order valence-corrected chi connectivity index (χ3v) is 7.44. The zero-order valence-electron chi connectivity index (χ0n) is 21.4. The molecule has 0 aliphatic carbocycles. The molecule has 0 bridgehead atoms. The summed E-state index contributed by atoms with van der Waals surface area (Å²) in [5.74, 6) is -1.77. The fraction of sp³-hybridized carbons (Fsp3) is 0.593. The van der Waals surface area contributed by atoms with E-state index in [4.69, 9.17) is 4.74 Å². The van der Waals surface area contributed by atoms with Crippen LogP contribution in [-0.4, -0.2) is 45.3 Å². The summed E-state index contributed by atoms with van der Waals surface area (Å²) in [5, 5.41) is 24.4. The summed E-state index contributed by atoms with van der Waals surface area (Å²) < 4.78 is 5.79. The zero-order chi connectivity index (χ0) is 25.6. The number of cyclic esters (lactones) is 1. The van der Waals surface area contributed by atoms with E-state index < -0.39 is 35.6 Å². The number of rotatable bonds is 2. The molecule has 0 saturated heterocycles. The SMILES string of the molecule is C/C1=C/C[C@H](/C(C)=C/c2csc(C)n2)OC(=O)C[C@H](O)C(C)(C)C(=O)[C@H](C)[C@@H](O)[C@@H](C)/C=C/C1. The first-order chi connectivity index (χ1) is 15.8. The van der Waals surface area contributed by atoms with Crippen LogP contribution in [0.3, 0.4) is 0 Å². The fourth-order valence-corrected chi connectivity index (χ4v) is 4.62. The Hall–Kier alpha value is -2.09. The maximum absolute atomic E-state index is 13.1. The lowest BCUT2D eigenvalue weighted by atomic mass is 9.73. The second-order valence-corrected chi connectivity index (χ2v) is 11.1. The van der Waals surface area contributed by atoms with Crippen LogP contribution in [0.1, 0.15) is 71.5 Å². The van der Waals surface area contributed by atoms with Crippen molar-refractivity contribution in [3.8, 4) is 0 Å². The predicted octanol–water partition coefficient (Wildman–Crippen LogP) is 5.04. The van der Waals surface area contributed by atoms with Crippen LogP contribution in [0.2, 0.25) is 0 Å². The number of esters is 1. The largest absolute Gasteiger partial charge is 0.457 e. The molecule has 1 aliphatic heterocycles. The van der Waals surface area contributed by atoms with Crippen molar-refractivity contribution in [2.45, 2.75) is 86.0 Å². The fourth-order valence-electron chi connectivity index (χ4n) is 4.05. The van der Waals surface area contributed by atoms with Crippen molar-refractivity contribution >= 4 is 29.2 Å². The number of hydrogen-bond acceptors (Lipinski definition) is 7. The molecule has 1 aromatic rings. The maximum Gasteiger partial charge on any atom is 0.309 e. The first-order valence-electron chi connectivity index (χ1n) is 11.9. The Morgan fingerprint density at radius 1 is 1.24 bits per heavy atom. The monoisotopic (exact) mass is 489 g/mol. The molecule has 1 aliphatic rings. The Kier molecular flexibility index (Phi) is 9.97. The topological polar surface area (TPSA) is 96.7 Å². The molecule has 188 valence electrons. The van der Waals surface area contributed by atoms with Crippen LogP contribution in [0.5, 0.6) is 0 Å². The van der Waals surface area contributed by atoms with E-state index in [9.17, 15) is 19.8 Å². The number of carbonyl (C=O) groups is 2. The van der Waals surface area contributed by atoms with Gasteiger partial charge in [-0.3, -0.25) is 9.59 Å². The molecule has 0 amide bonds. The van der Waals surface area contributed by atoms with Crippen LogP contribution in [0, 0.1) is 24.2 Å². The van der Waals surface area contributed by atoms with Crippen LogP contribution in [-0.2, 0) is 14.3 Å². The van der Waals surface area contributed by atoms with Gasteiger partial charge in [0.15, 0.2) is 0 Å². The standard InChI is InChI=1S/C27H39NO5S/c1-16-9-8-10-17(2)25(31)19(4)26(32)27(6,7)23(29)14-24(30)33-22(12-11-16)18(3)13-21-15-34-20(5)28-21/h8,10-11,13,15,17,19,22-23,25,29,31H,9,12,14H2,1-7H3/b10-8+,16-11-,18-13+/t17-,19+,22+,23-,25-/m0/s1. The molecular formula is C27H39NO5S. The molecule has 0 unspecified atom stereocenters. The lowest BCUT2D eigenvalue weighted by molar-refractivity contribution is -0.154. The lowest BCUT2D eigenvalue weighted by Crippen LogP contribution is -2.45. The number of hydrogen-bond donors (Lipinski definition) is 2. The second kappa shape index (κ2) is 12.0. The molecular weight excluding hydrogens is 450 g/mol. The Bertz CT molecular complexity index is 958. The molecule has 0 spiro atoms.